The molecule has 5 heteroatoms. The molecule has 4 atom stereocenters. The van der Waals surface area contributed by atoms with Gasteiger partial charge in [0.05, 0.1) is 0 Å². The van der Waals surface area contributed by atoms with E-state index < -0.39 is 29.9 Å². The summed E-state index contributed by atoms with van der Waals surface area (Å²) in [5.41, 5.74) is 0. The van der Waals surface area contributed by atoms with Crippen LogP contribution in [0.15, 0.2) is 25.3 Å². The molecule has 2 aliphatic heterocycles. The topological polar surface area (TPSA) is 54.0 Å². The van der Waals surface area contributed by atoms with Gasteiger partial charge in [-0.1, -0.05) is 12.7 Å². The van der Waals surface area contributed by atoms with Crippen LogP contribution in [0, 0.1) is 0 Å². The van der Waals surface area contributed by atoms with Crippen molar-refractivity contribution in [3.63, 3.8) is 0 Å². The summed E-state index contributed by atoms with van der Waals surface area (Å²) >= 11 is 0. The van der Waals surface area contributed by atoms with Crippen LogP contribution in [0.1, 0.15) is 27.7 Å². The number of ether oxygens (including phenoxy) is 4. The van der Waals surface area contributed by atoms with E-state index in [-0.39, 0.29) is 11.9 Å². The minimum Gasteiger partial charge on any atom is -0.341 e. The first-order chi connectivity index (χ1) is 9.19. The van der Waals surface area contributed by atoms with E-state index in [4.69, 9.17) is 18.9 Å². The van der Waals surface area contributed by atoms with E-state index in [1.54, 1.807) is 19.9 Å². The minimum absolute atomic E-state index is 0.225. The summed E-state index contributed by atoms with van der Waals surface area (Å²) in [6, 6.07) is 0. The van der Waals surface area contributed by atoms with Crippen molar-refractivity contribution in [1.29, 1.82) is 0 Å². The standard InChI is InChI=1S/C15H22O5/c1-7-9(16)11-13(20-15(5,6)18-11)12-10(8-2)17-14(3,4)19-12/h7-8,10-13H,1-2H2,3-6H3/t10-,11+,12-,13+/m1/s1. The number of rotatable bonds is 4. The first kappa shape index (κ1) is 15.4. The highest BCUT2D eigenvalue weighted by molar-refractivity contribution is 5.93. The molecule has 0 saturated carbocycles. The number of hydrogen-bond donors (Lipinski definition) is 0. The molecular weight excluding hydrogens is 260 g/mol. The molecule has 0 unspecified atom stereocenters. The molecule has 2 aliphatic rings. The van der Waals surface area contributed by atoms with E-state index in [0.29, 0.717) is 0 Å². The highest BCUT2D eigenvalue weighted by Crippen LogP contribution is 2.39. The van der Waals surface area contributed by atoms with Crippen LogP contribution < -0.4 is 0 Å². The molecular formula is C15H22O5. The van der Waals surface area contributed by atoms with Crippen LogP contribution in [0.25, 0.3) is 0 Å². The van der Waals surface area contributed by atoms with Crippen molar-refractivity contribution in [2.45, 2.75) is 63.7 Å². The first-order valence-electron chi connectivity index (χ1n) is 6.69. The third-order valence-electron chi connectivity index (χ3n) is 3.33. The Morgan fingerprint density at radius 3 is 2.05 bits per heavy atom. The first-order valence-corrected chi connectivity index (χ1v) is 6.69. The molecule has 5 nitrogen and oxygen atoms in total. The van der Waals surface area contributed by atoms with Gasteiger partial charge in [0.1, 0.15) is 18.3 Å². The molecule has 0 bridgehead atoms. The number of carbonyl (C=O) groups excluding carboxylic acids is 1. The summed E-state index contributed by atoms with van der Waals surface area (Å²) in [6.45, 7) is 14.4. The molecule has 112 valence electrons. The quantitative estimate of drug-likeness (QED) is 0.583. The fourth-order valence-corrected chi connectivity index (χ4v) is 2.62. The summed E-state index contributed by atoms with van der Waals surface area (Å²) in [4.78, 5) is 12.0. The lowest BCUT2D eigenvalue weighted by Gasteiger charge is -2.24. The van der Waals surface area contributed by atoms with E-state index in [0.717, 1.165) is 0 Å². The van der Waals surface area contributed by atoms with Gasteiger partial charge >= 0.3 is 0 Å². The van der Waals surface area contributed by atoms with Crippen LogP contribution in [0.5, 0.6) is 0 Å². The largest absolute Gasteiger partial charge is 0.341 e. The maximum absolute atomic E-state index is 12.0. The van der Waals surface area contributed by atoms with Crippen molar-refractivity contribution in [3.8, 4) is 0 Å². The molecule has 2 rings (SSSR count). The fourth-order valence-electron chi connectivity index (χ4n) is 2.62. The van der Waals surface area contributed by atoms with E-state index >= 15 is 0 Å². The Morgan fingerprint density at radius 2 is 1.50 bits per heavy atom. The minimum atomic E-state index is -0.851. The molecule has 0 aromatic rings. The van der Waals surface area contributed by atoms with Crippen molar-refractivity contribution in [2.75, 3.05) is 0 Å². The summed E-state index contributed by atoms with van der Waals surface area (Å²) in [5.74, 6) is -1.83. The van der Waals surface area contributed by atoms with Gasteiger partial charge in [0, 0.05) is 0 Å². The van der Waals surface area contributed by atoms with Crippen LogP contribution in [0.3, 0.4) is 0 Å². The maximum atomic E-state index is 12.0. The summed E-state index contributed by atoms with van der Waals surface area (Å²) in [7, 11) is 0. The lowest BCUT2D eigenvalue weighted by atomic mass is 10.0. The van der Waals surface area contributed by atoms with E-state index in [9.17, 15) is 4.79 Å². The molecule has 0 aliphatic carbocycles. The second-order valence-electron chi connectivity index (χ2n) is 5.93. The lowest BCUT2D eigenvalue weighted by molar-refractivity contribution is -0.175. The van der Waals surface area contributed by atoms with Crippen LogP contribution in [0.4, 0.5) is 0 Å². The summed E-state index contributed by atoms with van der Waals surface area (Å²) < 4.78 is 23.1. The van der Waals surface area contributed by atoms with Crippen molar-refractivity contribution < 1.29 is 23.7 Å². The van der Waals surface area contributed by atoms with Gasteiger partial charge in [-0.15, -0.1) is 6.58 Å². The Balaban J connectivity index is 2.27. The average molecular weight is 282 g/mol. The molecule has 0 aromatic carbocycles. The normalized spacial score (nSPS) is 38.6. The van der Waals surface area contributed by atoms with Crippen LogP contribution in [-0.2, 0) is 23.7 Å². The third-order valence-corrected chi connectivity index (χ3v) is 3.33. The monoisotopic (exact) mass is 282 g/mol. The highest BCUT2D eigenvalue weighted by atomic mass is 16.8. The second-order valence-corrected chi connectivity index (χ2v) is 5.93. The molecule has 20 heavy (non-hydrogen) atoms. The van der Waals surface area contributed by atoms with Gasteiger partial charge in [0.2, 0.25) is 0 Å². The van der Waals surface area contributed by atoms with E-state index in [1.807, 2.05) is 13.8 Å². The van der Waals surface area contributed by atoms with Gasteiger partial charge in [-0.2, -0.15) is 0 Å². The Kier molecular flexibility index (Phi) is 3.90. The zero-order valence-electron chi connectivity index (χ0n) is 12.4. The molecule has 2 heterocycles. The van der Waals surface area contributed by atoms with Crippen LogP contribution in [-0.4, -0.2) is 41.8 Å². The molecule has 0 radical (unpaired) electrons. The van der Waals surface area contributed by atoms with Crippen molar-refractivity contribution in [1.82, 2.24) is 0 Å². The molecule has 0 aromatic heterocycles. The zero-order valence-corrected chi connectivity index (χ0v) is 12.4. The molecule has 0 amide bonds. The van der Waals surface area contributed by atoms with Gasteiger partial charge in [0.15, 0.2) is 23.5 Å². The van der Waals surface area contributed by atoms with Crippen LogP contribution >= 0.6 is 0 Å². The average Bonchev–Trinajstić information content (AvgIpc) is 2.84. The highest BCUT2D eigenvalue weighted by Gasteiger charge is 2.54. The smallest absolute Gasteiger partial charge is 0.186 e. The molecule has 0 spiro atoms. The Bertz CT molecular complexity index is 426. The van der Waals surface area contributed by atoms with Crippen LogP contribution in [0.2, 0.25) is 0 Å². The van der Waals surface area contributed by atoms with Gasteiger partial charge in [-0.05, 0) is 33.8 Å². The predicted octanol–water partition coefficient (Wildman–Crippen LogP) is 1.97. The zero-order chi connectivity index (χ0) is 15.1. The van der Waals surface area contributed by atoms with Gasteiger partial charge < -0.3 is 18.9 Å². The lowest BCUT2D eigenvalue weighted by Crippen LogP contribution is -2.44. The summed E-state index contributed by atoms with van der Waals surface area (Å²) in [6.07, 6.45) is 0.800. The predicted molar refractivity (Wildman–Crippen MR) is 73.1 cm³/mol. The number of ketones is 1. The van der Waals surface area contributed by atoms with Gasteiger partial charge in [-0.25, -0.2) is 0 Å². The van der Waals surface area contributed by atoms with Crippen molar-refractivity contribution in [2.24, 2.45) is 0 Å². The van der Waals surface area contributed by atoms with Gasteiger partial charge in [0.25, 0.3) is 0 Å². The number of hydrogen-bond acceptors (Lipinski definition) is 5. The Labute approximate surface area is 119 Å². The third kappa shape index (κ3) is 2.86. The number of carbonyl (C=O) groups is 1. The SMILES string of the molecule is C=CC(=O)[C@@H]1OC(C)(C)O[C@@H]1[C@@H]1OC(C)(C)O[C@@H]1C=C. The molecule has 0 N–H and O–H groups in total. The maximum Gasteiger partial charge on any atom is 0.186 e. The van der Waals surface area contributed by atoms with E-state index in [2.05, 4.69) is 13.2 Å². The van der Waals surface area contributed by atoms with Crippen molar-refractivity contribution >= 4 is 5.78 Å². The molecule has 2 saturated heterocycles. The molecule has 2 fully saturated rings. The second kappa shape index (κ2) is 5.07. The van der Waals surface area contributed by atoms with Crippen molar-refractivity contribution in [3.05, 3.63) is 25.3 Å². The van der Waals surface area contributed by atoms with Gasteiger partial charge in [-0.3, -0.25) is 4.79 Å². The fraction of sp³-hybridized carbons (Fsp3) is 0.667. The van der Waals surface area contributed by atoms with E-state index in [1.165, 1.54) is 6.08 Å². The Morgan fingerprint density at radius 1 is 0.950 bits per heavy atom. The Hall–Kier alpha value is -1.01. The summed E-state index contributed by atoms with van der Waals surface area (Å²) in [5, 5.41) is 0.